The van der Waals surface area contributed by atoms with Gasteiger partial charge in [0.2, 0.25) is 5.91 Å². The molecule has 1 aliphatic heterocycles. The van der Waals surface area contributed by atoms with Crippen LogP contribution in [-0.4, -0.2) is 27.2 Å². The van der Waals surface area contributed by atoms with Gasteiger partial charge in [0.1, 0.15) is 0 Å². The minimum absolute atomic E-state index is 0.0834. The van der Waals surface area contributed by atoms with E-state index >= 15 is 0 Å². The molecule has 0 aromatic carbocycles. The van der Waals surface area contributed by atoms with Crippen LogP contribution in [0.4, 0.5) is 0 Å². The van der Waals surface area contributed by atoms with E-state index in [2.05, 4.69) is 34.8 Å². The Morgan fingerprint density at radius 2 is 2.11 bits per heavy atom. The maximum atomic E-state index is 12.4. The number of amides is 1. The molecule has 0 bridgehead atoms. The van der Waals surface area contributed by atoms with Crippen LogP contribution < -0.4 is 0 Å². The predicted molar refractivity (Wildman–Crippen MR) is 75.5 cm³/mol. The highest BCUT2D eigenvalue weighted by molar-refractivity contribution is 9.10. The summed E-state index contributed by atoms with van der Waals surface area (Å²) in [6, 6.07) is 4.24. The molecule has 2 heterocycles. The summed E-state index contributed by atoms with van der Waals surface area (Å²) < 4.78 is 0. The summed E-state index contributed by atoms with van der Waals surface area (Å²) in [5, 5.41) is 0. The number of likely N-dealkylation sites (tertiary alicyclic amines) is 1. The maximum Gasteiger partial charge on any atom is 0.237 e. The zero-order valence-corrected chi connectivity index (χ0v) is 12.4. The lowest BCUT2D eigenvalue weighted by molar-refractivity contribution is -0.132. The Balaban J connectivity index is 2.15. The van der Waals surface area contributed by atoms with Gasteiger partial charge in [-0.3, -0.25) is 9.78 Å². The van der Waals surface area contributed by atoms with Crippen molar-refractivity contribution in [2.45, 2.75) is 37.6 Å². The van der Waals surface area contributed by atoms with Crippen molar-refractivity contribution in [2.24, 2.45) is 5.92 Å². The highest BCUT2D eigenvalue weighted by Gasteiger charge is 2.33. The normalized spacial score (nSPS) is 21.3. The number of alkyl halides is 1. The number of nitrogens with zero attached hydrogens (tertiary/aromatic N) is 2. The molecule has 2 rings (SSSR count). The van der Waals surface area contributed by atoms with Crippen LogP contribution in [0.2, 0.25) is 0 Å². The van der Waals surface area contributed by atoms with Crippen LogP contribution in [-0.2, 0) is 4.79 Å². The Kier molecular flexibility index (Phi) is 4.38. The van der Waals surface area contributed by atoms with Gasteiger partial charge in [0.25, 0.3) is 0 Å². The summed E-state index contributed by atoms with van der Waals surface area (Å²) in [7, 11) is 0. The molecule has 0 N–H and O–H groups in total. The summed E-state index contributed by atoms with van der Waals surface area (Å²) >= 11 is 3.51. The Morgan fingerprint density at radius 1 is 1.44 bits per heavy atom. The molecule has 2 unspecified atom stereocenters. The van der Waals surface area contributed by atoms with E-state index in [4.69, 9.17) is 0 Å². The molecule has 1 aromatic rings. The van der Waals surface area contributed by atoms with E-state index < -0.39 is 0 Å². The van der Waals surface area contributed by atoms with Crippen molar-refractivity contribution in [1.29, 1.82) is 0 Å². The van der Waals surface area contributed by atoms with Gasteiger partial charge in [0.15, 0.2) is 0 Å². The van der Waals surface area contributed by atoms with Gasteiger partial charge < -0.3 is 4.90 Å². The number of carbonyl (C=O) groups excluding carboxylic acids is 1. The largest absolute Gasteiger partial charge is 0.335 e. The molecule has 0 radical (unpaired) electrons. The third kappa shape index (κ3) is 2.74. The van der Waals surface area contributed by atoms with Crippen LogP contribution in [0.1, 0.15) is 38.3 Å². The third-order valence-corrected chi connectivity index (χ3v) is 4.90. The van der Waals surface area contributed by atoms with E-state index in [-0.39, 0.29) is 16.8 Å². The molecule has 1 saturated heterocycles. The molecule has 1 amide bonds. The standard InChI is InChI=1S/C14H19BrN2O/c1-10(2)13(15)14(18)17-9-3-4-12(17)11-5-7-16-8-6-11/h5-8,10,12-13H,3-4,9H2,1-2H3. The molecule has 0 saturated carbocycles. The molecule has 1 aliphatic rings. The molecule has 1 aromatic heterocycles. The van der Waals surface area contributed by atoms with Gasteiger partial charge in [-0.15, -0.1) is 0 Å². The van der Waals surface area contributed by atoms with Gasteiger partial charge in [-0.2, -0.15) is 0 Å². The van der Waals surface area contributed by atoms with E-state index in [0.717, 1.165) is 19.4 Å². The van der Waals surface area contributed by atoms with Gasteiger partial charge in [0, 0.05) is 18.9 Å². The first-order chi connectivity index (χ1) is 8.61. The minimum Gasteiger partial charge on any atom is -0.335 e. The summed E-state index contributed by atoms with van der Waals surface area (Å²) in [5.41, 5.74) is 1.19. The van der Waals surface area contributed by atoms with Crippen molar-refractivity contribution in [3.05, 3.63) is 30.1 Å². The van der Waals surface area contributed by atoms with Crippen molar-refractivity contribution in [3.8, 4) is 0 Å². The highest BCUT2D eigenvalue weighted by atomic mass is 79.9. The van der Waals surface area contributed by atoms with E-state index in [0.29, 0.717) is 5.92 Å². The highest BCUT2D eigenvalue weighted by Crippen LogP contribution is 2.33. The van der Waals surface area contributed by atoms with E-state index in [1.165, 1.54) is 5.56 Å². The summed E-state index contributed by atoms with van der Waals surface area (Å²) in [6.07, 6.45) is 5.72. The minimum atomic E-state index is -0.0834. The molecule has 4 heteroatoms. The second kappa shape index (κ2) is 5.83. The lowest BCUT2D eigenvalue weighted by Crippen LogP contribution is -2.38. The smallest absolute Gasteiger partial charge is 0.237 e. The lowest BCUT2D eigenvalue weighted by Gasteiger charge is -2.28. The molecule has 0 spiro atoms. The Bertz CT molecular complexity index is 408. The number of rotatable bonds is 3. The number of pyridine rings is 1. The van der Waals surface area contributed by atoms with Crippen LogP contribution in [0, 0.1) is 5.92 Å². The van der Waals surface area contributed by atoms with Crippen molar-refractivity contribution in [1.82, 2.24) is 9.88 Å². The zero-order valence-electron chi connectivity index (χ0n) is 10.8. The third-order valence-electron chi connectivity index (χ3n) is 3.45. The molecule has 1 fully saturated rings. The van der Waals surface area contributed by atoms with E-state index in [1.807, 2.05) is 17.0 Å². The van der Waals surface area contributed by atoms with Crippen LogP contribution in [0.25, 0.3) is 0 Å². The second-order valence-corrected chi connectivity index (χ2v) is 6.10. The molecule has 3 nitrogen and oxygen atoms in total. The number of halogens is 1. The van der Waals surface area contributed by atoms with Gasteiger partial charge in [-0.1, -0.05) is 29.8 Å². The molecular formula is C14H19BrN2O. The second-order valence-electron chi connectivity index (χ2n) is 5.12. The Morgan fingerprint density at radius 3 is 2.72 bits per heavy atom. The van der Waals surface area contributed by atoms with Gasteiger partial charge in [-0.25, -0.2) is 0 Å². The average molecular weight is 311 g/mol. The fraction of sp³-hybridized carbons (Fsp3) is 0.571. The molecular weight excluding hydrogens is 292 g/mol. The molecule has 2 atom stereocenters. The summed E-state index contributed by atoms with van der Waals surface area (Å²) in [6.45, 7) is 4.99. The van der Waals surface area contributed by atoms with Crippen molar-refractivity contribution in [2.75, 3.05) is 6.54 Å². The molecule has 98 valence electrons. The first-order valence-electron chi connectivity index (χ1n) is 6.45. The molecule has 0 aliphatic carbocycles. The summed E-state index contributed by atoms with van der Waals surface area (Å²) in [5.74, 6) is 0.528. The van der Waals surface area contributed by atoms with Crippen molar-refractivity contribution in [3.63, 3.8) is 0 Å². The lowest BCUT2D eigenvalue weighted by atomic mass is 10.0. The first kappa shape index (κ1) is 13.5. The van der Waals surface area contributed by atoms with Crippen molar-refractivity contribution >= 4 is 21.8 Å². The van der Waals surface area contributed by atoms with Gasteiger partial charge in [-0.05, 0) is 36.5 Å². The topological polar surface area (TPSA) is 33.2 Å². The first-order valence-corrected chi connectivity index (χ1v) is 7.37. The van der Waals surface area contributed by atoms with Crippen LogP contribution >= 0.6 is 15.9 Å². The Labute approximate surface area is 117 Å². The van der Waals surface area contributed by atoms with Crippen molar-refractivity contribution < 1.29 is 4.79 Å². The number of carbonyl (C=O) groups is 1. The van der Waals surface area contributed by atoms with Gasteiger partial charge >= 0.3 is 0 Å². The van der Waals surface area contributed by atoms with E-state index in [9.17, 15) is 4.79 Å². The number of hydrogen-bond donors (Lipinski definition) is 0. The van der Waals surface area contributed by atoms with Crippen LogP contribution in [0.15, 0.2) is 24.5 Å². The molecule has 18 heavy (non-hydrogen) atoms. The monoisotopic (exact) mass is 310 g/mol. The fourth-order valence-electron chi connectivity index (χ4n) is 2.41. The average Bonchev–Trinajstić information content (AvgIpc) is 2.87. The zero-order chi connectivity index (χ0) is 13.1. The SMILES string of the molecule is CC(C)C(Br)C(=O)N1CCCC1c1ccncc1. The quantitative estimate of drug-likeness (QED) is 0.803. The van der Waals surface area contributed by atoms with Crippen LogP contribution in [0.5, 0.6) is 0 Å². The fourth-order valence-corrected chi connectivity index (χ4v) is 2.67. The predicted octanol–water partition coefficient (Wildman–Crippen LogP) is 3.16. The number of hydrogen-bond acceptors (Lipinski definition) is 2. The Hall–Kier alpha value is -0.900. The van der Waals surface area contributed by atoms with Crippen LogP contribution in [0.3, 0.4) is 0 Å². The van der Waals surface area contributed by atoms with E-state index in [1.54, 1.807) is 12.4 Å². The van der Waals surface area contributed by atoms with Gasteiger partial charge in [0.05, 0.1) is 10.9 Å². The summed E-state index contributed by atoms with van der Waals surface area (Å²) in [4.78, 5) is 18.4. The maximum absolute atomic E-state index is 12.4. The number of aromatic nitrogens is 1.